The van der Waals surface area contributed by atoms with E-state index in [0.717, 1.165) is 5.92 Å². The Bertz CT molecular complexity index is 420. The molecule has 1 nitrogen and oxygen atoms in total. The molecule has 0 saturated heterocycles. The van der Waals surface area contributed by atoms with Gasteiger partial charge in [-0.1, -0.05) is 46.8 Å². The molecule has 2 rings (SSSR count). The molecule has 0 spiro atoms. The van der Waals surface area contributed by atoms with Crippen molar-refractivity contribution in [1.82, 2.24) is 0 Å². The molecule has 2 atom stereocenters. The van der Waals surface area contributed by atoms with Crippen molar-refractivity contribution >= 4 is 5.69 Å². The number of hydrogen-bond donors (Lipinski definition) is 1. The Morgan fingerprint density at radius 1 is 1.05 bits per heavy atom. The fourth-order valence-corrected chi connectivity index (χ4v) is 3.11. The van der Waals surface area contributed by atoms with Crippen molar-refractivity contribution < 1.29 is 0 Å². The van der Waals surface area contributed by atoms with E-state index in [1.54, 1.807) is 0 Å². The summed E-state index contributed by atoms with van der Waals surface area (Å²) < 4.78 is 0. The van der Waals surface area contributed by atoms with E-state index in [0.29, 0.717) is 17.9 Å². The lowest BCUT2D eigenvalue weighted by molar-refractivity contribution is 0.602. The Morgan fingerprint density at radius 2 is 1.79 bits per heavy atom. The van der Waals surface area contributed by atoms with Crippen LogP contribution >= 0.6 is 0 Å². The van der Waals surface area contributed by atoms with Crippen molar-refractivity contribution in [2.75, 3.05) is 5.32 Å². The number of anilines is 1. The summed E-state index contributed by atoms with van der Waals surface area (Å²) in [5, 5.41) is 3.79. The first-order valence-corrected chi connectivity index (χ1v) is 7.87. The Morgan fingerprint density at radius 3 is 2.32 bits per heavy atom. The van der Waals surface area contributed by atoms with E-state index < -0.39 is 0 Å². The molecule has 0 aliphatic heterocycles. The minimum atomic E-state index is 0.583. The summed E-state index contributed by atoms with van der Waals surface area (Å²) in [5.74, 6) is 2.08. The van der Waals surface area contributed by atoms with Crippen LogP contribution in [0.25, 0.3) is 0 Å². The van der Waals surface area contributed by atoms with Crippen LogP contribution in [0.4, 0.5) is 5.69 Å². The van der Waals surface area contributed by atoms with Crippen LogP contribution in [0.2, 0.25) is 0 Å². The minimum absolute atomic E-state index is 0.583. The zero-order valence-electron chi connectivity index (χ0n) is 13.2. The molecule has 0 bridgehead atoms. The standard InChI is InChI=1S/C18H29N/c1-12(2)15-7-9-18(17(11-15)13(3)4)19-16-8-6-14(5)10-16/h7,9,11-14,16,19H,6,8,10H2,1-5H3. The van der Waals surface area contributed by atoms with Gasteiger partial charge in [0, 0.05) is 11.7 Å². The predicted molar refractivity (Wildman–Crippen MR) is 85.0 cm³/mol. The highest BCUT2D eigenvalue weighted by Gasteiger charge is 2.22. The maximum Gasteiger partial charge on any atom is 0.0377 e. The van der Waals surface area contributed by atoms with E-state index in [1.165, 1.54) is 36.1 Å². The Hall–Kier alpha value is -0.980. The molecular formula is C18H29N. The molecule has 0 aromatic heterocycles. The fourth-order valence-electron chi connectivity index (χ4n) is 3.11. The zero-order chi connectivity index (χ0) is 14.0. The van der Waals surface area contributed by atoms with E-state index in [1.807, 2.05) is 0 Å². The number of hydrogen-bond acceptors (Lipinski definition) is 1. The van der Waals surface area contributed by atoms with Crippen LogP contribution in [0.1, 0.15) is 76.8 Å². The third-order valence-corrected chi connectivity index (χ3v) is 4.42. The van der Waals surface area contributed by atoms with E-state index in [9.17, 15) is 0 Å². The topological polar surface area (TPSA) is 12.0 Å². The second-order valence-corrected chi connectivity index (χ2v) is 6.92. The summed E-state index contributed by atoms with van der Waals surface area (Å²) in [6.07, 6.45) is 4.02. The van der Waals surface area contributed by atoms with Gasteiger partial charge in [0.25, 0.3) is 0 Å². The van der Waals surface area contributed by atoms with Crippen LogP contribution < -0.4 is 5.32 Å². The maximum atomic E-state index is 3.79. The molecule has 19 heavy (non-hydrogen) atoms. The lowest BCUT2D eigenvalue weighted by Crippen LogP contribution is -2.17. The highest BCUT2D eigenvalue weighted by molar-refractivity contribution is 5.55. The summed E-state index contributed by atoms with van der Waals surface area (Å²) in [6, 6.07) is 7.67. The van der Waals surface area contributed by atoms with Gasteiger partial charge in [0.1, 0.15) is 0 Å². The van der Waals surface area contributed by atoms with Crippen molar-refractivity contribution in [3.05, 3.63) is 29.3 Å². The zero-order valence-corrected chi connectivity index (χ0v) is 13.2. The molecule has 1 fully saturated rings. The molecule has 0 radical (unpaired) electrons. The molecule has 1 aromatic rings. The van der Waals surface area contributed by atoms with E-state index in [-0.39, 0.29) is 0 Å². The fraction of sp³-hybridized carbons (Fsp3) is 0.667. The summed E-state index contributed by atoms with van der Waals surface area (Å²) >= 11 is 0. The smallest absolute Gasteiger partial charge is 0.0377 e. The quantitative estimate of drug-likeness (QED) is 0.749. The molecule has 0 heterocycles. The van der Waals surface area contributed by atoms with Crippen LogP contribution in [-0.4, -0.2) is 6.04 Å². The van der Waals surface area contributed by atoms with Crippen molar-refractivity contribution in [3.63, 3.8) is 0 Å². The number of nitrogens with one attached hydrogen (secondary N) is 1. The van der Waals surface area contributed by atoms with Gasteiger partial charge in [-0.05, 0) is 54.2 Å². The van der Waals surface area contributed by atoms with E-state index in [2.05, 4.69) is 58.1 Å². The Labute approximate surface area is 118 Å². The van der Waals surface area contributed by atoms with Crippen LogP contribution in [0.3, 0.4) is 0 Å². The third-order valence-electron chi connectivity index (χ3n) is 4.42. The van der Waals surface area contributed by atoms with Crippen molar-refractivity contribution in [2.45, 2.75) is 71.8 Å². The highest BCUT2D eigenvalue weighted by atomic mass is 14.9. The SMILES string of the molecule is CC1CCC(Nc2ccc(C(C)C)cc2C(C)C)C1. The predicted octanol–water partition coefficient (Wildman–Crippen LogP) is 5.53. The average molecular weight is 259 g/mol. The normalized spacial score (nSPS) is 23.3. The average Bonchev–Trinajstić information content (AvgIpc) is 2.74. The van der Waals surface area contributed by atoms with Gasteiger partial charge in [0.15, 0.2) is 0 Å². The van der Waals surface area contributed by atoms with Gasteiger partial charge in [-0.2, -0.15) is 0 Å². The van der Waals surface area contributed by atoms with E-state index >= 15 is 0 Å². The molecular weight excluding hydrogens is 230 g/mol. The van der Waals surface area contributed by atoms with Gasteiger partial charge in [0.05, 0.1) is 0 Å². The molecule has 1 N–H and O–H groups in total. The molecule has 1 aromatic carbocycles. The molecule has 1 saturated carbocycles. The minimum Gasteiger partial charge on any atom is -0.382 e. The van der Waals surface area contributed by atoms with Crippen molar-refractivity contribution in [2.24, 2.45) is 5.92 Å². The first-order valence-electron chi connectivity index (χ1n) is 7.87. The van der Waals surface area contributed by atoms with Gasteiger partial charge >= 0.3 is 0 Å². The first-order chi connectivity index (χ1) is 8.97. The van der Waals surface area contributed by atoms with Gasteiger partial charge in [0.2, 0.25) is 0 Å². The highest BCUT2D eigenvalue weighted by Crippen LogP contribution is 2.32. The summed E-state index contributed by atoms with van der Waals surface area (Å²) in [4.78, 5) is 0. The van der Waals surface area contributed by atoms with Crippen LogP contribution in [0, 0.1) is 5.92 Å². The summed E-state index contributed by atoms with van der Waals surface area (Å²) in [5.41, 5.74) is 4.29. The van der Waals surface area contributed by atoms with Gasteiger partial charge in [-0.25, -0.2) is 0 Å². The molecule has 1 aliphatic rings. The molecule has 2 unspecified atom stereocenters. The monoisotopic (exact) mass is 259 g/mol. The van der Waals surface area contributed by atoms with Gasteiger partial charge in [-0.3, -0.25) is 0 Å². The molecule has 106 valence electrons. The molecule has 1 heteroatoms. The lowest BCUT2D eigenvalue weighted by Gasteiger charge is -2.21. The number of rotatable bonds is 4. The Kier molecular flexibility index (Phi) is 4.54. The second-order valence-electron chi connectivity index (χ2n) is 6.92. The third kappa shape index (κ3) is 3.52. The molecule has 0 amide bonds. The molecule has 1 aliphatic carbocycles. The largest absolute Gasteiger partial charge is 0.382 e. The summed E-state index contributed by atoms with van der Waals surface area (Å²) in [7, 11) is 0. The van der Waals surface area contributed by atoms with Crippen LogP contribution in [0.5, 0.6) is 0 Å². The van der Waals surface area contributed by atoms with Crippen molar-refractivity contribution in [3.8, 4) is 0 Å². The summed E-state index contributed by atoms with van der Waals surface area (Å²) in [6.45, 7) is 11.5. The number of benzene rings is 1. The Balaban J connectivity index is 2.19. The second kappa shape index (κ2) is 5.98. The maximum absolute atomic E-state index is 3.79. The first kappa shape index (κ1) is 14.4. The van der Waals surface area contributed by atoms with Crippen LogP contribution in [0.15, 0.2) is 18.2 Å². The van der Waals surface area contributed by atoms with Gasteiger partial charge in [-0.15, -0.1) is 0 Å². The lowest BCUT2D eigenvalue weighted by atomic mass is 9.94. The van der Waals surface area contributed by atoms with Gasteiger partial charge < -0.3 is 5.32 Å². The van der Waals surface area contributed by atoms with E-state index in [4.69, 9.17) is 0 Å². The van der Waals surface area contributed by atoms with Crippen LogP contribution in [-0.2, 0) is 0 Å². The van der Waals surface area contributed by atoms with Crippen molar-refractivity contribution in [1.29, 1.82) is 0 Å².